The van der Waals surface area contributed by atoms with E-state index in [1.54, 1.807) is 0 Å². The molecule has 7 heteroatoms. The molecule has 6 nitrogen and oxygen atoms in total. The molecule has 0 aliphatic carbocycles. The van der Waals surface area contributed by atoms with Crippen LogP contribution in [-0.2, 0) is 4.79 Å². The zero-order chi connectivity index (χ0) is 17.9. The van der Waals surface area contributed by atoms with Gasteiger partial charge in [-0.05, 0) is 65.2 Å². The molecule has 3 N–H and O–H groups in total. The van der Waals surface area contributed by atoms with Gasteiger partial charge in [0.2, 0.25) is 0 Å². The number of carboxylic acid groups (broad SMARTS) is 1. The van der Waals surface area contributed by atoms with Gasteiger partial charge < -0.3 is 20.3 Å². The molecule has 2 aromatic carbocycles. The zero-order valence-electron chi connectivity index (χ0n) is 13.1. The molecule has 0 unspecified atom stereocenters. The molecule has 0 aliphatic rings. The van der Waals surface area contributed by atoms with Crippen molar-refractivity contribution >= 4 is 33.5 Å². The van der Waals surface area contributed by atoms with Crippen LogP contribution in [0.1, 0.15) is 21.5 Å². The van der Waals surface area contributed by atoms with Gasteiger partial charge in [-0.3, -0.25) is 4.79 Å². The van der Waals surface area contributed by atoms with Gasteiger partial charge in [-0.15, -0.1) is 0 Å². The molecule has 1 amide bonds. The Hall–Kier alpha value is -2.54. The van der Waals surface area contributed by atoms with Crippen molar-refractivity contribution in [3.05, 3.63) is 51.5 Å². The number of carbonyl (C=O) groups is 2. The Morgan fingerprint density at radius 2 is 1.92 bits per heavy atom. The summed E-state index contributed by atoms with van der Waals surface area (Å²) in [5, 5.41) is 20.9. The third-order valence-corrected chi connectivity index (χ3v) is 3.82. The normalized spacial score (nSPS) is 10.3. The molecule has 0 aromatic heterocycles. The zero-order valence-corrected chi connectivity index (χ0v) is 14.7. The first-order valence-corrected chi connectivity index (χ1v) is 7.83. The predicted octanol–water partition coefficient (Wildman–Crippen LogP) is 3.49. The van der Waals surface area contributed by atoms with Crippen LogP contribution >= 0.6 is 15.9 Å². The standard InChI is InChI=1S/C17H16BrNO5/c1-9-5-10(2)16(13(18)6-9)24-8-15(21)19-11-3-4-14(20)12(7-11)17(22)23/h3-7,20H,8H2,1-2H3,(H,19,21)(H,22,23). The van der Waals surface area contributed by atoms with Crippen LogP contribution in [0.15, 0.2) is 34.8 Å². The molecule has 0 saturated heterocycles. The van der Waals surface area contributed by atoms with E-state index in [4.69, 9.17) is 9.84 Å². The molecule has 0 aliphatic heterocycles. The number of phenols is 1. The maximum Gasteiger partial charge on any atom is 0.339 e. The molecule has 0 heterocycles. The molecular formula is C17H16BrNO5. The number of nitrogens with one attached hydrogen (secondary N) is 1. The number of rotatable bonds is 5. The second-order valence-corrected chi connectivity index (χ2v) is 6.12. The average Bonchev–Trinajstić information content (AvgIpc) is 2.47. The van der Waals surface area contributed by atoms with E-state index in [0.29, 0.717) is 5.75 Å². The number of hydrogen-bond donors (Lipinski definition) is 3. The third kappa shape index (κ3) is 4.26. The summed E-state index contributed by atoms with van der Waals surface area (Å²) < 4.78 is 6.29. The maximum atomic E-state index is 12.0. The van der Waals surface area contributed by atoms with E-state index in [1.807, 2.05) is 26.0 Å². The highest BCUT2D eigenvalue weighted by Gasteiger charge is 2.13. The number of ether oxygens (including phenoxy) is 1. The van der Waals surface area contributed by atoms with Gasteiger partial charge in [-0.25, -0.2) is 4.79 Å². The van der Waals surface area contributed by atoms with Crippen LogP contribution < -0.4 is 10.1 Å². The lowest BCUT2D eigenvalue weighted by atomic mass is 10.1. The number of halogens is 1. The topological polar surface area (TPSA) is 95.9 Å². The molecule has 0 atom stereocenters. The highest BCUT2D eigenvalue weighted by molar-refractivity contribution is 9.10. The minimum atomic E-state index is -1.28. The average molecular weight is 394 g/mol. The van der Waals surface area contributed by atoms with Crippen LogP contribution in [-0.4, -0.2) is 28.7 Å². The van der Waals surface area contributed by atoms with E-state index in [0.717, 1.165) is 15.6 Å². The molecule has 0 bridgehead atoms. The third-order valence-electron chi connectivity index (χ3n) is 3.23. The quantitative estimate of drug-likeness (QED) is 0.675. The Bertz CT molecular complexity index is 781. The van der Waals surface area contributed by atoms with Crippen molar-refractivity contribution in [2.45, 2.75) is 13.8 Å². The SMILES string of the molecule is Cc1cc(C)c(OCC(=O)Nc2ccc(O)c(C(=O)O)c2)c(Br)c1. The van der Waals surface area contributed by atoms with Gasteiger partial charge in [-0.1, -0.05) is 6.07 Å². The Labute approximate surface area is 147 Å². The molecule has 126 valence electrons. The lowest BCUT2D eigenvalue weighted by Gasteiger charge is -2.12. The first-order valence-electron chi connectivity index (χ1n) is 7.03. The first-order chi connectivity index (χ1) is 11.3. The number of carboxylic acids is 1. The molecule has 0 spiro atoms. The van der Waals surface area contributed by atoms with Gasteiger partial charge in [-0.2, -0.15) is 0 Å². The second kappa shape index (κ2) is 7.35. The van der Waals surface area contributed by atoms with Gasteiger partial charge in [0.1, 0.15) is 17.1 Å². The summed E-state index contributed by atoms with van der Waals surface area (Å²) in [4.78, 5) is 23.0. The molecule has 2 aromatic rings. The van der Waals surface area contributed by atoms with Crippen LogP contribution in [0.2, 0.25) is 0 Å². The van der Waals surface area contributed by atoms with Gasteiger partial charge in [0.25, 0.3) is 5.91 Å². The van der Waals surface area contributed by atoms with Crippen LogP contribution in [0.5, 0.6) is 11.5 Å². The molecule has 0 saturated carbocycles. The monoisotopic (exact) mass is 393 g/mol. The van der Waals surface area contributed by atoms with Crippen LogP contribution in [0.25, 0.3) is 0 Å². The lowest BCUT2D eigenvalue weighted by molar-refractivity contribution is -0.118. The fourth-order valence-electron chi connectivity index (χ4n) is 2.21. The van der Waals surface area contributed by atoms with E-state index in [-0.39, 0.29) is 23.6 Å². The fraction of sp³-hybridized carbons (Fsp3) is 0.176. The van der Waals surface area contributed by atoms with Crippen LogP contribution in [0.4, 0.5) is 5.69 Å². The summed E-state index contributed by atoms with van der Waals surface area (Å²) >= 11 is 3.40. The van der Waals surface area contributed by atoms with Crippen LogP contribution in [0.3, 0.4) is 0 Å². The van der Waals surface area contributed by atoms with Crippen molar-refractivity contribution in [3.63, 3.8) is 0 Å². The minimum absolute atomic E-state index is 0.230. The number of aryl methyl sites for hydroxylation is 2. The lowest BCUT2D eigenvalue weighted by Crippen LogP contribution is -2.20. The van der Waals surface area contributed by atoms with E-state index in [9.17, 15) is 14.7 Å². The van der Waals surface area contributed by atoms with E-state index >= 15 is 0 Å². The minimum Gasteiger partial charge on any atom is -0.507 e. The summed E-state index contributed by atoms with van der Waals surface area (Å²) in [5.41, 5.74) is 1.94. The summed E-state index contributed by atoms with van der Waals surface area (Å²) in [6.07, 6.45) is 0. The number of anilines is 1. The Morgan fingerprint density at radius 1 is 1.21 bits per heavy atom. The van der Waals surface area contributed by atoms with Gasteiger partial charge in [0.15, 0.2) is 6.61 Å². The largest absolute Gasteiger partial charge is 0.507 e. The number of hydrogen-bond acceptors (Lipinski definition) is 4. The van der Waals surface area contributed by atoms with Crippen molar-refractivity contribution < 1.29 is 24.5 Å². The Morgan fingerprint density at radius 3 is 2.54 bits per heavy atom. The van der Waals surface area contributed by atoms with Crippen molar-refractivity contribution in [2.75, 3.05) is 11.9 Å². The summed E-state index contributed by atoms with van der Waals surface area (Å²) in [7, 11) is 0. The predicted molar refractivity (Wildman–Crippen MR) is 92.8 cm³/mol. The maximum absolute atomic E-state index is 12.0. The summed E-state index contributed by atoms with van der Waals surface area (Å²) in [6.45, 7) is 3.61. The molecule has 2 rings (SSSR count). The Kier molecular flexibility index (Phi) is 5.46. The number of aromatic carboxylic acids is 1. The summed E-state index contributed by atoms with van der Waals surface area (Å²) in [6, 6.07) is 7.63. The molecule has 0 fully saturated rings. The van der Waals surface area contributed by atoms with E-state index in [2.05, 4.69) is 21.2 Å². The second-order valence-electron chi connectivity index (χ2n) is 5.27. The summed E-state index contributed by atoms with van der Waals surface area (Å²) in [5.74, 6) is -1.51. The van der Waals surface area contributed by atoms with E-state index < -0.39 is 11.9 Å². The van der Waals surface area contributed by atoms with Crippen molar-refractivity contribution in [2.24, 2.45) is 0 Å². The van der Waals surface area contributed by atoms with Crippen LogP contribution in [0, 0.1) is 13.8 Å². The first kappa shape index (κ1) is 17.8. The number of aromatic hydroxyl groups is 1. The smallest absolute Gasteiger partial charge is 0.339 e. The fourth-order valence-corrected chi connectivity index (χ4v) is 2.99. The van der Waals surface area contributed by atoms with Crippen molar-refractivity contribution in [1.82, 2.24) is 0 Å². The van der Waals surface area contributed by atoms with Gasteiger partial charge in [0, 0.05) is 5.69 Å². The molecule has 24 heavy (non-hydrogen) atoms. The van der Waals surface area contributed by atoms with Crippen molar-refractivity contribution in [1.29, 1.82) is 0 Å². The van der Waals surface area contributed by atoms with Gasteiger partial charge >= 0.3 is 5.97 Å². The molecule has 0 radical (unpaired) electrons. The van der Waals surface area contributed by atoms with Crippen molar-refractivity contribution in [3.8, 4) is 11.5 Å². The number of benzene rings is 2. The number of carbonyl (C=O) groups excluding carboxylic acids is 1. The van der Waals surface area contributed by atoms with Gasteiger partial charge in [0.05, 0.1) is 4.47 Å². The Balaban J connectivity index is 2.04. The number of amides is 1. The highest BCUT2D eigenvalue weighted by atomic mass is 79.9. The van der Waals surface area contributed by atoms with E-state index in [1.165, 1.54) is 18.2 Å². The highest BCUT2D eigenvalue weighted by Crippen LogP contribution is 2.30. The molecular weight excluding hydrogens is 378 g/mol.